The number of halogens is 6. The summed E-state index contributed by atoms with van der Waals surface area (Å²) in [6, 6.07) is 2.57. The molecule has 3 nitrogen and oxygen atoms in total. The van der Waals surface area contributed by atoms with Gasteiger partial charge >= 0.3 is 6.61 Å². The van der Waals surface area contributed by atoms with Gasteiger partial charge in [0.2, 0.25) is 5.88 Å². The lowest BCUT2D eigenvalue weighted by molar-refractivity contribution is -0.0552. The summed E-state index contributed by atoms with van der Waals surface area (Å²) in [7, 11) is 1.37. The van der Waals surface area contributed by atoms with Crippen molar-refractivity contribution < 1.29 is 17.9 Å². The molecule has 0 aliphatic carbocycles. The minimum absolute atomic E-state index is 0.00573. The predicted octanol–water partition coefficient (Wildman–Crippen LogP) is 5.03. The average molecular weight is 404 g/mol. The first-order valence-corrected chi connectivity index (χ1v) is 7.44. The van der Waals surface area contributed by atoms with E-state index in [1.807, 2.05) is 0 Å². The van der Waals surface area contributed by atoms with Crippen LogP contribution in [0.4, 0.5) is 13.2 Å². The summed E-state index contributed by atoms with van der Waals surface area (Å²) in [4.78, 5) is 0. The molecule has 2 rings (SSSR count). The van der Waals surface area contributed by atoms with Crippen molar-refractivity contribution >= 4 is 39.1 Å². The Kier molecular flexibility index (Phi) is 5.06. The van der Waals surface area contributed by atoms with Crippen LogP contribution in [0.1, 0.15) is 5.56 Å². The Morgan fingerprint density at radius 3 is 2.62 bits per heavy atom. The highest BCUT2D eigenvalue weighted by molar-refractivity contribution is 9.08. The van der Waals surface area contributed by atoms with Gasteiger partial charge in [-0.1, -0.05) is 39.1 Å². The minimum atomic E-state index is -3.06. The third-order valence-electron chi connectivity index (χ3n) is 2.68. The van der Waals surface area contributed by atoms with E-state index >= 15 is 0 Å². The molecule has 2 aromatic rings. The molecule has 0 fully saturated rings. The van der Waals surface area contributed by atoms with Crippen LogP contribution in [0.3, 0.4) is 0 Å². The normalized spacial score (nSPS) is 11.2. The van der Waals surface area contributed by atoms with Crippen molar-refractivity contribution in [3.8, 4) is 17.1 Å². The molecule has 9 heteroatoms. The molecule has 21 heavy (non-hydrogen) atoms. The van der Waals surface area contributed by atoms with Crippen LogP contribution >= 0.6 is 39.1 Å². The van der Waals surface area contributed by atoms with Gasteiger partial charge in [0.1, 0.15) is 16.5 Å². The second kappa shape index (κ2) is 6.46. The third kappa shape index (κ3) is 3.30. The van der Waals surface area contributed by atoms with Crippen molar-refractivity contribution in [1.29, 1.82) is 0 Å². The monoisotopic (exact) mass is 402 g/mol. The summed E-state index contributed by atoms with van der Waals surface area (Å²) in [6.07, 6.45) is 0. The van der Waals surface area contributed by atoms with Crippen LogP contribution in [0, 0.1) is 5.82 Å². The van der Waals surface area contributed by atoms with Crippen molar-refractivity contribution in [2.24, 2.45) is 7.05 Å². The molecule has 0 aliphatic heterocycles. The highest BCUT2D eigenvalue weighted by atomic mass is 79.9. The lowest BCUT2D eigenvalue weighted by Gasteiger charge is -2.06. The van der Waals surface area contributed by atoms with Crippen LogP contribution in [0.25, 0.3) is 11.3 Å². The Morgan fingerprint density at radius 2 is 2.05 bits per heavy atom. The van der Waals surface area contributed by atoms with E-state index in [1.165, 1.54) is 13.1 Å². The molecular formula is C12H8BrCl2F3N2O. The number of rotatable bonds is 4. The van der Waals surface area contributed by atoms with Crippen LogP contribution < -0.4 is 4.74 Å². The van der Waals surface area contributed by atoms with Gasteiger partial charge in [-0.15, -0.1) is 0 Å². The minimum Gasteiger partial charge on any atom is -0.416 e. The standard InChI is InChI=1S/C12H8BrCl2F3N2O/c1-20-11(21-12(17)18)9(15)10(19-20)6-2-5(4-13)7(14)3-8(6)16/h2-3,12H,4H2,1H3. The Hall–Kier alpha value is -0.920. The van der Waals surface area contributed by atoms with E-state index in [0.717, 1.165) is 10.7 Å². The van der Waals surface area contributed by atoms with Crippen LogP contribution in [-0.4, -0.2) is 16.4 Å². The van der Waals surface area contributed by atoms with E-state index in [-0.39, 0.29) is 27.2 Å². The number of ether oxygens (including phenoxy) is 1. The highest BCUT2D eigenvalue weighted by Gasteiger charge is 2.23. The molecule has 1 aromatic heterocycles. The molecule has 0 spiro atoms. The van der Waals surface area contributed by atoms with Crippen molar-refractivity contribution in [2.75, 3.05) is 0 Å². The summed E-state index contributed by atoms with van der Waals surface area (Å²) < 4.78 is 44.0. The first-order valence-electron chi connectivity index (χ1n) is 5.56. The summed E-state index contributed by atoms with van der Waals surface area (Å²) in [5.41, 5.74) is 0.677. The first-order chi connectivity index (χ1) is 9.85. The second-order valence-corrected chi connectivity index (χ2v) is 5.37. The van der Waals surface area contributed by atoms with Gasteiger partial charge in [0.05, 0.1) is 0 Å². The van der Waals surface area contributed by atoms with Crippen LogP contribution in [-0.2, 0) is 12.4 Å². The number of hydrogen-bond donors (Lipinski definition) is 0. The zero-order chi connectivity index (χ0) is 15.7. The third-order valence-corrected chi connectivity index (χ3v) is 3.97. The molecule has 1 aromatic carbocycles. The molecule has 0 N–H and O–H groups in total. The van der Waals surface area contributed by atoms with Crippen molar-refractivity contribution in [2.45, 2.75) is 11.9 Å². The maximum atomic E-state index is 14.0. The predicted molar refractivity (Wildman–Crippen MR) is 77.9 cm³/mol. The van der Waals surface area contributed by atoms with Gasteiger partial charge in [0, 0.05) is 23.0 Å². The van der Waals surface area contributed by atoms with Gasteiger partial charge in [-0.05, 0) is 17.7 Å². The summed E-state index contributed by atoms with van der Waals surface area (Å²) >= 11 is 15.1. The van der Waals surface area contributed by atoms with E-state index < -0.39 is 12.4 Å². The van der Waals surface area contributed by atoms with Gasteiger partial charge in [-0.25, -0.2) is 9.07 Å². The Morgan fingerprint density at radius 1 is 1.38 bits per heavy atom. The van der Waals surface area contributed by atoms with Gasteiger partial charge in [0.15, 0.2) is 0 Å². The number of nitrogens with zero attached hydrogens (tertiary/aromatic N) is 2. The van der Waals surface area contributed by atoms with Crippen LogP contribution in [0.2, 0.25) is 10.0 Å². The Bertz CT molecular complexity index is 679. The lowest BCUT2D eigenvalue weighted by Crippen LogP contribution is -2.06. The average Bonchev–Trinajstić information content (AvgIpc) is 2.66. The molecular weight excluding hydrogens is 396 g/mol. The zero-order valence-electron chi connectivity index (χ0n) is 10.5. The molecule has 0 atom stereocenters. The number of aryl methyl sites for hydroxylation is 1. The fourth-order valence-electron chi connectivity index (χ4n) is 1.74. The van der Waals surface area contributed by atoms with E-state index in [9.17, 15) is 13.2 Å². The maximum Gasteiger partial charge on any atom is 0.388 e. The number of alkyl halides is 3. The SMILES string of the molecule is Cn1nc(-c2cc(CBr)c(Cl)cc2F)c(Cl)c1OC(F)F. The molecule has 114 valence electrons. The molecule has 0 saturated carbocycles. The first kappa shape index (κ1) is 16.5. The van der Waals surface area contributed by atoms with E-state index in [2.05, 4.69) is 25.8 Å². The molecule has 0 saturated heterocycles. The number of benzene rings is 1. The fraction of sp³-hybridized carbons (Fsp3) is 0.250. The quantitative estimate of drug-likeness (QED) is 0.669. The Balaban J connectivity index is 2.57. The smallest absolute Gasteiger partial charge is 0.388 e. The number of aromatic nitrogens is 2. The largest absolute Gasteiger partial charge is 0.416 e. The maximum absolute atomic E-state index is 14.0. The van der Waals surface area contributed by atoms with Crippen molar-refractivity contribution in [3.63, 3.8) is 0 Å². The zero-order valence-corrected chi connectivity index (χ0v) is 13.6. The van der Waals surface area contributed by atoms with Gasteiger partial charge in [-0.3, -0.25) is 0 Å². The lowest BCUT2D eigenvalue weighted by atomic mass is 10.1. The van der Waals surface area contributed by atoms with Gasteiger partial charge < -0.3 is 4.74 Å². The van der Waals surface area contributed by atoms with E-state index in [0.29, 0.717) is 10.9 Å². The van der Waals surface area contributed by atoms with E-state index in [1.54, 1.807) is 0 Å². The molecule has 0 bridgehead atoms. The summed E-state index contributed by atoms with van der Waals surface area (Å²) in [5, 5.41) is 4.37. The molecule has 1 heterocycles. The fourth-order valence-corrected chi connectivity index (χ4v) is 2.89. The highest BCUT2D eigenvalue weighted by Crippen LogP contribution is 2.38. The summed E-state index contributed by atoms with van der Waals surface area (Å²) in [5.74, 6) is -0.996. The summed E-state index contributed by atoms with van der Waals surface area (Å²) in [6.45, 7) is -3.06. The molecule has 0 radical (unpaired) electrons. The van der Waals surface area contributed by atoms with Gasteiger partial charge in [-0.2, -0.15) is 13.9 Å². The topological polar surface area (TPSA) is 27.1 Å². The van der Waals surface area contributed by atoms with Crippen LogP contribution in [0.5, 0.6) is 5.88 Å². The van der Waals surface area contributed by atoms with Gasteiger partial charge in [0.25, 0.3) is 0 Å². The molecule has 0 unspecified atom stereocenters. The second-order valence-electron chi connectivity index (χ2n) is 4.03. The van der Waals surface area contributed by atoms with Crippen molar-refractivity contribution in [3.05, 3.63) is 33.6 Å². The number of hydrogen-bond acceptors (Lipinski definition) is 2. The Labute approximate surface area is 136 Å². The molecule has 0 aliphatic rings. The van der Waals surface area contributed by atoms with E-state index in [4.69, 9.17) is 23.2 Å². The van der Waals surface area contributed by atoms with Crippen molar-refractivity contribution in [1.82, 2.24) is 9.78 Å². The van der Waals surface area contributed by atoms with Crippen LogP contribution in [0.15, 0.2) is 12.1 Å². The molecule has 0 amide bonds.